The molecule has 1 heterocycles. The molecule has 1 aromatic carbocycles. The quantitative estimate of drug-likeness (QED) is 0.638. The summed E-state index contributed by atoms with van der Waals surface area (Å²) in [5.74, 6) is 0.638. The van der Waals surface area contributed by atoms with Gasteiger partial charge in [0.1, 0.15) is 0 Å². The fourth-order valence-corrected chi connectivity index (χ4v) is 6.59. The minimum Gasteiger partial charge on any atom is -0.410 e. The van der Waals surface area contributed by atoms with Crippen molar-refractivity contribution in [2.24, 2.45) is 17.8 Å². The molecule has 1 N–H and O–H groups in total. The molecule has 1 saturated heterocycles. The molecule has 5 unspecified atom stereocenters. The molecule has 2 aliphatic carbocycles. The van der Waals surface area contributed by atoms with E-state index >= 15 is 0 Å². The third kappa shape index (κ3) is 3.97. The lowest BCUT2D eigenvalue weighted by Crippen LogP contribution is -2.54. The number of aliphatic hydroxyl groups is 1. The zero-order chi connectivity index (χ0) is 20.9. The number of fused-ring (bicyclic) bond motifs is 2. The van der Waals surface area contributed by atoms with Crippen molar-refractivity contribution in [3.8, 4) is 0 Å². The summed E-state index contributed by atoms with van der Waals surface area (Å²) in [6.45, 7) is 12.9. The Kier molecular flexibility index (Phi) is 5.75. The molecule has 162 valence electrons. The van der Waals surface area contributed by atoms with E-state index in [1.54, 1.807) is 0 Å². The second kappa shape index (κ2) is 7.76. The van der Waals surface area contributed by atoms with E-state index in [1.807, 2.05) is 0 Å². The average Bonchev–Trinajstić information content (AvgIpc) is 3.24. The van der Waals surface area contributed by atoms with Crippen LogP contribution in [0.1, 0.15) is 58.1 Å². The Labute approximate surface area is 177 Å². The van der Waals surface area contributed by atoms with Crippen molar-refractivity contribution in [1.82, 2.24) is 0 Å². The van der Waals surface area contributed by atoms with E-state index in [0.717, 1.165) is 25.7 Å². The zero-order valence-corrected chi connectivity index (χ0v) is 19.7. The third-order valence-electron chi connectivity index (χ3n) is 8.07. The van der Waals surface area contributed by atoms with Gasteiger partial charge in [-0.15, -0.1) is 0 Å². The third-order valence-corrected chi connectivity index (χ3v) is 12.6. The second-order valence-electron chi connectivity index (χ2n) is 10.8. The summed E-state index contributed by atoms with van der Waals surface area (Å²) < 4.78 is 18.7. The van der Waals surface area contributed by atoms with Crippen LogP contribution >= 0.6 is 0 Å². The first-order valence-electron chi connectivity index (χ1n) is 11.3. The van der Waals surface area contributed by atoms with E-state index < -0.39 is 8.32 Å². The van der Waals surface area contributed by atoms with Crippen molar-refractivity contribution < 1.29 is 19.0 Å². The predicted molar refractivity (Wildman–Crippen MR) is 117 cm³/mol. The first kappa shape index (κ1) is 21.5. The summed E-state index contributed by atoms with van der Waals surface area (Å²) in [5.41, 5.74) is 1.26. The van der Waals surface area contributed by atoms with Crippen LogP contribution in [0.2, 0.25) is 18.1 Å². The van der Waals surface area contributed by atoms with Gasteiger partial charge in [0.15, 0.2) is 14.1 Å². The van der Waals surface area contributed by atoms with Crippen LogP contribution in [0.15, 0.2) is 30.3 Å². The normalized spacial score (nSPS) is 32.2. The molecule has 1 spiro atoms. The molecule has 0 radical (unpaired) electrons. The van der Waals surface area contributed by atoms with Gasteiger partial charge in [0.2, 0.25) is 0 Å². The van der Waals surface area contributed by atoms with Crippen molar-refractivity contribution in [1.29, 1.82) is 0 Å². The molecule has 0 bridgehead atoms. The highest BCUT2D eigenvalue weighted by Crippen LogP contribution is 2.60. The van der Waals surface area contributed by atoms with Crippen LogP contribution in [0, 0.1) is 17.8 Å². The lowest BCUT2D eigenvalue weighted by Gasteiger charge is -2.48. The van der Waals surface area contributed by atoms with Crippen molar-refractivity contribution in [3.05, 3.63) is 35.9 Å². The van der Waals surface area contributed by atoms with Gasteiger partial charge in [-0.25, -0.2) is 0 Å². The van der Waals surface area contributed by atoms with E-state index in [2.05, 4.69) is 64.2 Å². The van der Waals surface area contributed by atoms with Gasteiger partial charge in [0, 0.05) is 12.3 Å². The molecule has 3 fully saturated rings. The maximum absolute atomic E-state index is 10.9. The molecule has 1 aromatic rings. The van der Waals surface area contributed by atoms with Crippen LogP contribution in [0.5, 0.6) is 0 Å². The second-order valence-corrected chi connectivity index (χ2v) is 15.6. The van der Waals surface area contributed by atoms with E-state index in [0.29, 0.717) is 31.0 Å². The Balaban J connectivity index is 1.43. The number of benzene rings is 1. The van der Waals surface area contributed by atoms with Crippen molar-refractivity contribution >= 4 is 8.32 Å². The Bertz CT molecular complexity index is 693. The van der Waals surface area contributed by atoms with E-state index in [4.69, 9.17) is 13.9 Å². The topological polar surface area (TPSA) is 47.9 Å². The number of hydrogen-bond acceptors (Lipinski definition) is 4. The van der Waals surface area contributed by atoms with Crippen molar-refractivity contribution in [2.75, 3.05) is 13.2 Å². The van der Waals surface area contributed by atoms with E-state index in [9.17, 15) is 5.11 Å². The first-order chi connectivity index (χ1) is 13.6. The number of rotatable bonds is 6. The maximum atomic E-state index is 10.9. The Morgan fingerprint density at radius 1 is 1.17 bits per heavy atom. The highest BCUT2D eigenvalue weighted by molar-refractivity contribution is 6.74. The summed E-state index contributed by atoms with van der Waals surface area (Å²) in [6, 6.07) is 10.6. The van der Waals surface area contributed by atoms with Crippen LogP contribution < -0.4 is 0 Å². The van der Waals surface area contributed by atoms with E-state index in [1.165, 1.54) is 5.56 Å². The molecule has 0 amide bonds. The van der Waals surface area contributed by atoms with Gasteiger partial charge in [0.05, 0.1) is 25.4 Å². The van der Waals surface area contributed by atoms with Gasteiger partial charge < -0.3 is 19.0 Å². The van der Waals surface area contributed by atoms with Gasteiger partial charge in [0.25, 0.3) is 0 Å². The van der Waals surface area contributed by atoms with Gasteiger partial charge >= 0.3 is 0 Å². The molecule has 29 heavy (non-hydrogen) atoms. The van der Waals surface area contributed by atoms with Crippen molar-refractivity contribution in [3.63, 3.8) is 0 Å². The average molecular weight is 419 g/mol. The minimum atomic E-state index is -1.89. The number of aliphatic hydroxyl groups excluding tert-OH is 1. The fraction of sp³-hybridized carbons (Fsp3) is 0.750. The lowest BCUT2D eigenvalue weighted by atomic mass is 9.69. The highest BCUT2D eigenvalue weighted by atomic mass is 28.4. The molecule has 4 rings (SSSR count). The van der Waals surface area contributed by atoms with Crippen LogP contribution in [0.25, 0.3) is 0 Å². The smallest absolute Gasteiger partial charge is 0.192 e. The van der Waals surface area contributed by atoms with Gasteiger partial charge in [-0.2, -0.15) is 0 Å². The summed E-state index contributed by atoms with van der Waals surface area (Å²) in [7, 11) is -1.89. The molecule has 0 aromatic heterocycles. The Morgan fingerprint density at radius 2 is 1.83 bits per heavy atom. The van der Waals surface area contributed by atoms with Crippen molar-refractivity contribution in [2.45, 2.75) is 82.6 Å². The summed E-state index contributed by atoms with van der Waals surface area (Å²) in [6.07, 6.45) is 3.66. The largest absolute Gasteiger partial charge is 0.410 e. The predicted octanol–water partition coefficient (Wildman–Crippen LogP) is 5.29. The molecule has 4 nitrogen and oxygen atoms in total. The highest BCUT2D eigenvalue weighted by Gasteiger charge is 2.64. The Hall–Kier alpha value is -0.723. The standard InChI is InChI=1S/C24H38O4Si/c1-23(2,3)29(4,5)28-21(17-9-7-6-8-10-17)12-11-18-15-20-19(22(18)25)16-24(20)26-13-14-27-24/h6-10,18-22,25H,11-16H2,1-5H3. The number of ether oxygens (including phenoxy) is 2. The summed E-state index contributed by atoms with van der Waals surface area (Å²) in [5, 5.41) is 11.1. The molecule has 3 aliphatic rings. The van der Waals surface area contributed by atoms with Crippen LogP contribution in [0.4, 0.5) is 0 Å². The van der Waals surface area contributed by atoms with E-state index in [-0.39, 0.29) is 23.0 Å². The summed E-state index contributed by atoms with van der Waals surface area (Å²) in [4.78, 5) is 0. The zero-order valence-electron chi connectivity index (χ0n) is 18.7. The number of hydrogen-bond donors (Lipinski definition) is 1. The summed E-state index contributed by atoms with van der Waals surface area (Å²) >= 11 is 0. The monoisotopic (exact) mass is 418 g/mol. The van der Waals surface area contributed by atoms with Crippen LogP contribution in [0.3, 0.4) is 0 Å². The minimum absolute atomic E-state index is 0.0930. The fourth-order valence-electron chi connectivity index (χ4n) is 5.27. The molecule has 2 saturated carbocycles. The van der Waals surface area contributed by atoms with Gasteiger partial charge in [-0.05, 0) is 54.8 Å². The maximum Gasteiger partial charge on any atom is 0.192 e. The molecular weight excluding hydrogens is 380 g/mol. The van der Waals surface area contributed by atoms with Gasteiger partial charge in [-0.1, -0.05) is 51.1 Å². The first-order valence-corrected chi connectivity index (χ1v) is 14.2. The van der Waals surface area contributed by atoms with Crippen LogP contribution in [-0.2, 0) is 13.9 Å². The molecular formula is C24H38O4Si. The molecule has 5 atom stereocenters. The Morgan fingerprint density at radius 3 is 2.45 bits per heavy atom. The van der Waals surface area contributed by atoms with Crippen LogP contribution in [-0.4, -0.2) is 38.5 Å². The van der Waals surface area contributed by atoms with Gasteiger partial charge in [-0.3, -0.25) is 0 Å². The lowest BCUT2D eigenvalue weighted by molar-refractivity contribution is -0.275. The molecule has 5 heteroatoms. The molecule has 1 aliphatic heterocycles. The SMILES string of the molecule is CC(C)(C)[Si](C)(C)OC(CCC1CC2C(CC23OCCO3)C1O)c1ccccc1.